The number of pyridine rings is 1. The van der Waals surface area contributed by atoms with E-state index < -0.39 is 5.91 Å². The lowest BCUT2D eigenvalue weighted by Crippen LogP contribution is -2.48. The molecule has 2 rings (SSSR count). The summed E-state index contributed by atoms with van der Waals surface area (Å²) in [4.78, 5) is 27.7. The lowest BCUT2D eigenvalue weighted by molar-refractivity contribution is 0.0938. The number of thiophene rings is 1. The van der Waals surface area contributed by atoms with Gasteiger partial charge in [-0.15, -0.1) is 11.3 Å². The third-order valence-electron chi connectivity index (χ3n) is 2.19. The van der Waals surface area contributed by atoms with Gasteiger partial charge in [-0.2, -0.15) is 0 Å². The van der Waals surface area contributed by atoms with Gasteiger partial charge in [0.25, 0.3) is 11.8 Å². The topological polar surface area (TPSA) is 83.1 Å². The highest BCUT2D eigenvalue weighted by molar-refractivity contribution is 7.80. The Labute approximate surface area is 124 Å². The Hall–Kier alpha value is -2.32. The zero-order valence-corrected chi connectivity index (χ0v) is 11.8. The molecule has 0 saturated carbocycles. The van der Waals surface area contributed by atoms with Crippen molar-refractivity contribution in [3.63, 3.8) is 0 Å². The number of nitrogens with zero attached hydrogens (tertiary/aromatic N) is 1. The number of hydrogen-bond donors (Lipinski definition) is 3. The van der Waals surface area contributed by atoms with E-state index in [0.29, 0.717) is 10.4 Å². The SMILES string of the molecule is O=C(NC(=S)NNC(=O)c1cccs1)c1cccnc1. The van der Waals surface area contributed by atoms with Crippen molar-refractivity contribution < 1.29 is 9.59 Å². The van der Waals surface area contributed by atoms with Gasteiger partial charge in [0.05, 0.1) is 10.4 Å². The monoisotopic (exact) mass is 306 g/mol. The Kier molecular flexibility index (Phi) is 4.75. The molecule has 0 aromatic carbocycles. The molecule has 2 heterocycles. The highest BCUT2D eigenvalue weighted by Crippen LogP contribution is 2.06. The predicted octanol–water partition coefficient (Wildman–Crippen LogP) is 1.09. The molecule has 20 heavy (non-hydrogen) atoms. The summed E-state index contributed by atoms with van der Waals surface area (Å²) < 4.78 is 0. The molecule has 0 saturated heterocycles. The van der Waals surface area contributed by atoms with Crippen LogP contribution in [-0.4, -0.2) is 21.9 Å². The second-order valence-corrected chi connectivity index (χ2v) is 4.94. The Morgan fingerprint density at radius 1 is 1.15 bits per heavy atom. The van der Waals surface area contributed by atoms with E-state index in [0.717, 1.165) is 0 Å². The largest absolute Gasteiger partial charge is 0.298 e. The Morgan fingerprint density at radius 3 is 2.65 bits per heavy atom. The van der Waals surface area contributed by atoms with E-state index in [1.54, 1.807) is 35.8 Å². The lowest BCUT2D eigenvalue weighted by Gasteiger charge is -2.09. The number of aromatic nitrogens is 1. The van der Waals surface area contributed by atoms with Crippen LogP contribution < -0.4 is 16.2 Å². The molecule has 102 valence electrons. The molecule has 0 fully saturated rings. The first-order valence-corrected chi connectivity index (χ1v) is 6.81. The molecule has 2 amide bonds. The quantitative estimate of drug-likeness (QED) is 0.571. The molecule has 6 nitrogen and oxygen atoms in total. The number of hydrazine groups is 1. The van der Waals surface area contributed by atoms with Gasteiger partial charge in [-0.3, -0.25) is 30.7 Å². The molecule has 0 bridgehead atoms. The van der Waals surface area contributed by atoms with Crippen molar-refractivity contribution in [2.75, 3.05) is 0 Å². The molecule has 2 aromatic heterocycles. The molecule has 0 aliphatic carbocycles. The number of carbonyl (C=O) groups excluding carboxylic acids is 2. The van der Waals surface area contributed by atoms with Crippen LogP contribution in [0.5, 0.6) is 0 Å². The summed E-state index contributed by atoms with van der Waals surface area (Å²) in [6.45, 7) is 0. The number of amides is 2. The number of rotatable bonds is 2. The second-order valence-electron chi connectivity index (χ2n) is 3.58. The normalized spacial score (nSPS) is 9.60. The summed E-state index contributed by atoms with van der Waals surface area (Å²) in [6, 6.07) is 6.69. The van der Waals surface area contributed by atoms with E-state index in [1.165, 1.54) is 17.5 Å². The van der Waals surface area contributed by atoms with Crippen LogP contribution in [0.2, 0.25) is 0 Å². The fourth-order valence-electron chi connectivity index (χ4n) is 1.29. The molecular weight excluding hydrogens is 296 g/mol. The average Bonchev–Trinajstić information content (AvgIpc) is 3.00. The summed E-state index contributed by atoms with van der Waals surface area (Å²) >= 11 is 6.21. The van der Waals surface area contributed by atoms with Gasteiger partial charge < -0.3 is 0 Å². The van der Waals surface area contributed by atoms with Crippen molar-refractivity contribution in [2.45, 2.75) is 0 Å². The first-order valence-electron chi connectivity index (χ1n) is 5.52. The van der Waals surface area contributed by atoms with Crippen LogP contribution in [0.1, 0.15) is 20.0 Å². The van der Waals surface area contributed by atoms with E-state index in [2.05, 4.69) is 21.2 Å². The predicted molar refractivity (Wildman–Crippen MR) is 79.2 cm³/mol. The van der Waals surface area contributed by atoms with E-state index >= 15 is 0 Å². The molecule has 0 aliphatic rings. The minimum atomic E-state index is -0.402. The van der Waals surface area contributed by atoms with Crippen molar-refractivity contribution in [3.05, 3.63) is 52.5 Å². The van der Waals surface area contributed by atoms with E-state index in [9.17, 15) is 9.59 Å². The first kappa shape index (κ1) is 14.1. The highest BCUT2D eigenvalue weighted by atomic mass is 32.1. The molecule has 2 aromatic rings. The number of hydrogen-bond acceptors (Lipinski definition) is 5. The lowest BCUT2D eigenvalue weighted by atomic mass is 10.3. The number of carbonyl (C=O) groups is 2. The summed E-state index contributed by atoms with van der Waals surface area (Å²) in [7, 11) is 0. The standard InChI is InChI=1S/C12H10N4O2S2/c17-10(8-3-1-5-13-7-8)14-12(19)16-15-11(18)9-4-2-6-20-9/h1-7H,(H,15,18)(H2,14,16,17,19). The molecule has 0 unspecified atom stereocenters. The maximum atomic E-state index is 11.7. The minimum Gasteiger partial charge on any atom is -0.298 e. The summed E-state index contributed by atoms with van der Waals surface area (Å²) in [6.07, 6.45) is 2.98. The number of nitrogens with one attached hydrogen (secondary N) is 3. The van der Waals surface area contributed by atoms with Crippen molar-refractivity contribution in [1.29, 1.82) is 0 Å². The minimum absolute atomic E-state index is 0.00348. The van der Waals surface area contributed by atoms with Gasteiger partial charge in [0, 0.05) is 12.4 Å². The molecule has 0 aliphatic heterocycles. The fourth-order valence-corrected chi connectivity index (χ4v) is 2.05. The van der Waals surface area contributed by atoms with Crippen LogP contribution in [-0.2, 0) is 0 Å². The fraction of sp³-hybridized carbons (Fsp3) is 0. The molecule has 0 spiro atoms. The molecular formula is C12H10N4O2S2. The summed E-state index contributed by atoms with van der Waals surface area (Å²) in [5, 5.41) is 4.22. The molecule has 8 heteroatoms. The molecule has 0 atom stereocenters. The maximum Gasteiger partial charge on any atom is 0.279 e. The van der Waals surface area contributed by atoms with Crippen molar-refractivity contribution in [1.82, 2.24) is 21.2 Å². The van der Waals surface area contributed by atoms with Gasteiger partial charge in [0.1, 0.15) is 0 Å². The Balaban J connectivity index is 1.81. The van der Waals surface area contributed by atoms with Gasteiger partial charge in [-0.05, 0) is 35.8 Å². The molecule has 0 radical (unpaired) electrons. The van der Waals surface area contributed by atoms with Gasteiger partial charge in [0.15, 0.2) is 5.11 Å². The Morgan fingerprint density at radius 2 is 2.00 bits per heavy atom. The Bertz CT molecular complexity index is 614. The van der Waals surface area contributed by atoms with Crippen molar-refractivity contribution >= 4 is 40.5 Å². The van der Waals surface area contributed by atoms with E-state index in [1.807, 2.05) is 0 Å². The van der Waals surface area contributed by atoms with Gasteiger partial charge in [-0.1, -0.05) is 6.07 Å². The van der Waals surface area contributed by atoms with Crippen LogP contribution >= 0.6 is 23.6 Å². The zero-order valence-electron chi connectivity index (χ0n) is 10.1. The van der Waals surface area contributed by atoms with Crippen molar-refractivity contribution in [3.8, 4) is 0 Å². The third-order valence-corrected chi connectivity index (χ3v) is 3.26. The van der Waals surface area contributed by atoms with Crippen LogP contribution in [0, 0.1) is 0 Å². The summed E-state index contributed by atoms with van der Waals surface area (Å²) in [5.41, 5.74) is 5.23. The van der Waals surface area contributed by atoms with E-state index in [4.69, 9.17) is 12.2 Å². The van der Waals surface area contributed by atoms with Crippen LogP contribution in [0.3, 0.4) is 0 Å². The van der Waals surface area contributed by atoms with Gasteiger partial charge >= 0.3 is 0 Å². The van der Waals surface area contributed by atoms with Crippen molar-refractivity contribution in [2.24, 2.45) is 0 Å². The third kappa shape index (κ3) is 3.84. The zero-order chi connectivity index (χ0) is 14.4. The van der Waals surface area contributed by atoms with E-state index in [-0.39, 0.29) is 11.0 Å². The molecule has 3 N–H and O–H groups in total. The van der Waals surface area contributed by atoms with Crippen LogP contribution in [0.15, 0.2) is 42.0 Å². The van der Waals surface area contributed by atoms with Crippen LogP contribution in [0.4, 0.5) is 0 Å². The number of thiocarbonyl (C=S) groups is 1. The smallest absolute Gasteiger partial charge is 0.279 e. The first-order chi connectivity index (χ1) is 9.66. The average molecular weight is 306 g/mol. The van der Waals surface area contributed by atoms with Crippen LogP contribution in [0.25, 0.3) is 0 Å². The maximum absolute atomic E-state index is 11.7. The highest BCUT2D eigenvalue weighted by Gasteiger charge is 2.09. The summed E-state index contributed by atoms with van der Waals surface area (Å²) in [5.74, 6) is -0.723. The van der Waals surface area contributed by atoms with Gasteiger partial charge in [-0.25, -0.2) is 0 Å². The second kappa shape index (κ2) is 6.73. The van der Waals surface area contributed by atoms with Gasteiger partial charge in [0.2, 0.25) is 0 Å².